The van der Waals surface area contributed by atoms with E-state index in [0.29, 0.717) is 5.69 Å². The molecule has 0 radical (unpaired) electrons. The lowest BCUT2D eigenvalue weighted by atomic mass is 10.00. The molecule has 0 bridgehead atoms. The fourth-order valence-electron chi connectivity index (χ4n) is 3.67. The fraction of sp³-hybridized carbons (Fsp3) is 0.217. The van der Waals surface area contributed by atoms with Crippen molar-refractivity contribution in [2.45, 2.75) is 25.6 Å². The first-order valence-electron chi connectivity index (χ1n) is 9.79. The molecule has 1 N–H and O–H groups in total. The molecule has 2 aromatic heterocycles. The van der Waals surface area contributed by atoms with Crippen molar-refractivity contribution in [3.63, 3.8) is 0 Å². The maximum Gasteiger partial charge on any atom is 0.435 e. The smallest absolute Gasteiger partial charge is 0.350 e. The maximum atomic E-state index is 13.2. The molecule has 4 rings (SSSR count). The standard InChI is InChI=1S/C23H21F3N4O/c1-15(19-14-29(2)20-11-7-6-10-18(19)20)22(31)27-13-17-12-21(23(24,25)26)28-30(17)16-8-4-3-5-9-16/h3-12,14-15H,13H2,1-2H3,(H,27,31). The van der Waals surface area contributed by atoms with Gasteiger partial charge in [-0.15, -0.1) is 0 Å². The number of para-hydroxylation sites is 2. The molecule has 8 heteroatoms. The summed E-state index contributed by atoms with van der Waals surface area (Å²) in [6.07, 6.45) is -2.67. The summed E-state index contributed by atoms with van der Waals surface area (Å²) in [5.41, 5.74) is 1.61. The lowest BCUT2D eigenvalue weighted by molar-refractivity contribution is -0.141. The SMILES string of the molecule is CC(C(=O)NCc1cc(C(F)(F)F)nn1-c1ccccc1)c1cn(C)c2ccccc12. The number of alkyl halides is 3. The molecule has 160 valence electrons. The van der Waals surface area contributed by atoms with Gasteiger partial charge in [0.2, 0.25) is 5.91 Å². The Kier molecular flexibility index (Phi) is 5.31. The van der Waals surface area contributed by atoms with Crippen LogP contribution in [-0.2, 0) is 24.6 Å². The molecule has 0 aliphatic rings. The van der Waals surface area contributed by atoms with Crippen molar-refractivity contribution >= 4 is 16.8 Å². The average molecular weight is 426 g/mol. The molecule has 0 saturated heterocycles. The van der Waals surface area contributed by atoms with Crippen LogP contribution in [0.25, 0.3) is 16.6 Å². The molecule has 5 nitrogen and oxygen atoms in total. The number of benzene rings is 2. The topological polar surface area (TPSA) is 51.9 Å². The molecule has 2 aromatic carbocycles. The van der Waals surface area contributed by atoms with Crippen LogP contribution in [0.5, 0.6) is 0 Å². The molecule has 0 saturated carbocycles. The van der Waals surface area contributed by atoms with E-state index < -0.39 is 17.8 Å². The maximum absolute atomic E-state index is 13.2. The first-order valence-corrected chi connectivity index (χ1v) is 9.79. The number of hydrogen-bond acceptors (Lipinski definition) is 2. The van der Waals surface area contributed by atoms with Crippen LogP contribution >= 0.6 is 0 Å². The van der Waals surface area contributed by atoms with E-state index in [1.807, 2.05) is 42.1 Å². The number of rotatable bonds is 5. The minimum atomic E-state index is -4.57. The number of amides is 1. The molecule has 0 fully saturated rings. The van der Waals surface area contributed by atoms with Gasteiger partial charge in [-0.1, -0.05) is 36.4 Å². The minimum absolute atomic E-state index is 0.0775. The van der Waals surface area contributed by atoms with Gasteiger partial charge in [0.15, 0.2) is 5.69 Å². The highest BCUT2D eigenvalue weighted by Crippen LogP contribution is 2.30. The van der Waals surface area contributed by atoms with Crippen molar-refractivity contribution in [3.8, 4) is 5.69 Å². The second kappa shape index (κ2) is 7.94. The molecule has 1 amide bonds. The van der Waals surface area contributed by atoms with E-state index in [0.717, 1.165) is 22.5 Å². The summed E-state index contributed by atoms with van der Waals surface area (Å²) in [4.78, 5) is 12.8. The van der Waals surface area contributed by atoms with Crippen LogP contribution in [-0.4, -0.2) is 20.3 Å². The lowest BCUT2D eigenvalue weighted by Crippen LogP contribution is -2.28. The number of halogens is 3. The van der Waals surface area contributed by atoms with Gasteiger partial charge in [0.05, 0.1) is 23.8 Å². The predicted molar refractivity (Wildman–Crippen MR) is 112 cm³/mol. The Balaban J connectivity index is 1.58. The van der Waals surface area contributed by atoms with E-state index in [2.05, 4.69) is 10.4 Å². The van der Waals surface area contributed by atoms with Gasteiger partial charge in [-0.05, 0) is 36.8 Å². The Bertz CT molecular complexity index is 1220. The molecule has 1 atom stereocenters. The molecule has 0 aliphatic carbocycles. The van der Waals surface area contributed by atoms with Gasteiger partial charge in [-0.25, -0.2) is 4.68 Å². The second-order valence-electron chi connectivity index (χ2n) is 7.42. The zero-order valence-electron chi connectivity index (χ0n) is 17.0. The highest BCUT2D eigenvalue weighted by atomic mass is 19.4. The number of carbonyl (C=O) groups excluding carboxylic acids is 1. The summed E-state index contributed by atoms with van der Waals surface area (Å²) < 4.78 is 42.9. The van der Waals surface area contributed by atoms with Crippen LogP contribution in [0, 0.1) is 0 Å². The van der Waals surface area contributed by atoms with Crippen LogP contribution in [0.4, 0.5) is 13.2 Å². The van der Waals surface area contributed by atoms with Crippen molar-refractivity contribution in [3.05, 3.63) is 83.8 Å². The van der Waals surface area contributed by atoms with Crippen molar-refractivity contribution in [2.24, 2.45) is 7.05 Å². The minimum Gasteiger partial charge on any atom is -0.350 e. The Morgan fingerprint density at radius 2 is 1.77 bits per heavy atom. The Labute approximate surface area is 177 Å². The summed E-state index contributed by atoms with van der Waals surface area (Å²) in [7, 11) is 1.91. The van der Waals surface area contributed by atoms with Gasteiger partial charge in [0.25, 0.3) is 0 Å². The van der Waals surface area contributed by atoms with E-state index in [9.17, 15) is 18.0 Å². The quantitative estimate of drug-likeness (QED) is 0.498. The summed E-state index contributed by atoms with van der Waals surface area (Å²) in [5.74, 6) is -0.744. The molecule has 0 aliphatic heterocycles. The average Bonchev–Trinajstić information content (AvgIpc) is 3.34. The third-order valence-electron chi connectivity index (χ3n) is 5.31. The molecule has 31 heavy (non-hydrogen) atoms. The molecular weight excluding hydrogens is 405 g/mol. The van der Waals surface area contributed by atoms with Crippen LogP contribution in [0.1, 0.15) is 29.8 Å². The Morgan fingerprint density at radius 3 is 2.48 bits per heavy atom. The first-order chi connectivity index (χ1) is 14.8. The third-order valence-corrected chi connectivity index (χ3v) is 5.31. The summed E-state index contributed by atoms with van der Waals surface area (Å²) in [6.45, 7) is 1.71. The van der Waals surface area contributed by atoms with Crippen molar-refractivity contribution < 1.29 is 18.0 Å². The number of hydrogen-bond donors (Lipinski definition) is 1. The zero-order valence-corrected chi connectivity index (χ0v) is 17.0. The van der Waals surface area contributed by atoms with Gasteiger partial charge < -0.3 is 9.88 Å². The van der Waals surface area contributed by atoms with Gasteiger partial charge in [-0.2, -0.15) is 18.3 Å². The number of aromatic nitrogens is 3. The number of carbonyl (C=O) groups is 1. The molecule has 2 heterocycles. The largest absolute Gasteiger partial charge is 0.435 e. The summed E-state index contributed by atoms with van der Waals surface area (Å²) >= 11 is 0. The molecule has 0 spiro atoms. The monoisotopic (exact) mass is 426 g/mol. The normalized spacial score (nSPS) is 12.8. The zero-order chi connectivity index (χ0) is 22.2. The highest BCUT2D eigenvalue weighted by Gasteiger charge is 2.35. The van der Waals surface area contributed by atoms with Crippen LogP contribution < -0.4 is 5.32 Å². The van der Waals surface area contributed by atoms with E-state index in [1.54, 1.807) is 37.3 Å². The van der Waals surface area contributed by atoms with Crippen molar-refractivity contribution in [2.75, 3.05) is 0 Å². The highest BCUT2D eigenvalue weighted by molar-refractivity contribution is 5.92. The fourth-order valence-corrected chi connectivity index (χ4v) is 3.67. The third kappa shape index (κ3) is 4.05. The number of fused-ring (bicyclic) bond motifs is 1. The van der Waals surface area contributed by atoms with Crippen LogP contribution in [0.2, 0.25) is 0 Å². The van der Waals surface area contributed by atoms with Gasteiger partial charge in [0, 0.05) is 24.1 Å². The van der Waals surface area contributed by atoms with Crippen LogP contribution in [0.3, 0.4) is 0 Å². The lowest BCUT2D eigenvalue weighted by Gasteiger charge is -2.13. The van der Waals surface area contributed by atoms with Crippen molar-refractivity contribution in [1.82, 2.24) is 19.7 Å². The molecule has 1 unspecified atom stereocenters. The van der Waals surface area contributed by atoms with E-state index >= 15 is 0 Å². The van der Waals surface area contributed by atoms with E-state index in [-0.39, 0.29) is 18.1 Å². The summed E-state index contributed by atoms with van der Waals surface area (Å²) in [6, 6.07) is 17.3. The second-order valence-corrected chi connectivity index (χ2v) is 7.42. The van der Waals surface area contributed by atoms with Gasteiger partial charge in [0.1, 0.15) is 0 Å². The van der Waals surface area contributed by atoms with Crippen molar-refractivity contribution in [1.29, 1.82) is 0 Å². The predicted octanol–water partition coefficient (Wildman–Crippen LogP) is 4.80. The van der Waals surface area contributed by atoms with E-state index in [4.69, 9.17) is 0 Å². The summed E-state index contributed by atoms with van der Waals surface area (Å²) in [5, 5.41) is 7.46. The first kappa shape index (κ1) is 20.7. The number of nitrogens with zero attached hydrogens (tertiary/aromatic N) is 3. The molecule has 4 aromatic rings. The van der Waals surface area contributed by atoms with Gasteiger partial charge in [-0.3, -0.25) is 4.79 Å². The van der Waals surface area contributed by atoms with Crippen LogP contribution in [0.15, 0.2) is 66.9 Å². The Morgan fingerprint density at radius 1 is 1.10 bits per heavy atom. The number of nitrogens with one attached hydrogen (secondary N) is 1. The molecular formula is C23H21F3N4O. The van der Waals surface area contributed by atoms with E-state index in [1.165, 1.54) is 4.68 Å². The van der Waals surface area contributed by atoms with Gasteiger partial charge >= 0.3 is 6.18 Å². The number of aryl methyl sites for hydroxylation is 1. The Hall–Kier alpha value is -3.55.